The molecule has 0 aromatic carbocycles. The molecule has 4 fully saturated rings. The third kappa shape index (κ3) is 3.27. The highest BCUT2D eigenvalue weighted by Crippen LogP contribution is 2.59. The first-order valence-electron chi connectivity index (χ1n) is 9.13. The van der Waals surface area contributed by atoms with Gasteiger partial charge >= 0.3 is 17.9 Å². The third-order valence-corrected chi connectivity index (χ3v) is 6.36. The maximum Gasteiger partial charge on any atom is 0.312 e. The minimum absolute atomic E-state index is 0.218. The first-order valence-corrected chi connectivity index (χ1v) is 9.13. The van der Waals surface area contributed by atoms with Gasteiger partial charge in [-0.15, -0.1) is 0 Å². The molecule has 4 rings (SSSR count). The Morgan fingerprint density at radius 3 is 2.60 bits per heavy atom. The maximum atomic E-state index is 12.7. The molecule has 140 valence electrons. The zero-order valence-electron chi connectivity index (χ0n) is 15.6. The molecule has 4 atom stereocenters. The molecule has 2 aliphatic heterocycles. The fraction of sp³-hybridized carbons (Fsp3) is 0.842. The van der Waals surface area contributed by atoms with E-state index in [1.54, 1.807) is 0 Å². The molecule has 0 N–H and O–H groups in total. The first kappa shape index (κ1) is 18.2. The van der Waals surface area contributed by atoms with E-state index in [9.17, 15) is 14.4 Å². The number of carbonyl (C=O) groups is 3. The minimum atomic E-state index is -0.713. The second-order valence-electron chi connectivity index (χ2n) is 8.81. The number of methoxy groups -OCH3 is 1. The average molecular weight is 352 g/mol. The Morgan fingerprint density at radius 1 is 1.24 bits per heavy atom. The monoisotopic (exact) mass is 352 g/mol. The van der Waals surface area contributed by atoms with E-state index in [1.165, 1.54) is 7.11 Å². The van der Waals surface area contributed by atoms with Gasteiger partial charge in [-0.2, -0.15) is 0 Å². The van der Waals surface area contributed by atoms with E-state index < -0.39 is 11.0 Å². The van der Waals surface area contributed by atoms with Crippen molar-refractivity contribution in [3.8, 4) is 0 Å². The zero-order chi connectivity index (χ0) is 18.5. The van der Waals surface area contributed by atoms with Crippen molar-refractivity contribution in [2.75, 3.05) is 7.11 Å². The summed E-state index contributed by atoms with van der Waals surface area (Å²) in [6.45, 7) is 5.70. The Bertz CT molecular complexity index is 597. The summed E-state index contributed by atoms with van der Waals surface area (Å²) in [6.07, 6.45) is 3.50. The van der Waals surface area contributed by atoms with Crippen LogP contribution in [0.25, 0.3) is 0 Å². The summed E-state index contributed by atoms with van der Waals surface area (Å²) in [5.74, 6) is -1.06. The van der Waals surface area contributed by atoms with Crippen molar-refractivity contribution in [1.29, 1.82) is 0 Å². The van der Waals surface area contributed by atoms with Gasteiger partial charge in [-0.25, -0.2) is 0 Å². The lowest BCUT2D eigenvalue weighted by atomic mass is 9.55. The Kier molecular flexibility index (Phi) is 4.36. The SMILES string of the molecule is CCC(C)(C)C(=O)OC12CC3CC(CC(=O)OC)(CC(C1)C(=O)O3)C2. The standard InChI is InChI=1S/C19H28O6/c1-5-17(2,3)16(22)25-19-7-12-6-18(11-19,10-14(20)23-4)8-13(9-19)24-15(12)21/h12-13H,5-11H2,1-4H3. The molecule has 2 saturated carbocycles. The Morgan fingerprint density at radius 2 is 1.96 bits per heavy atom. The molecule has 4 bridgehead atoms. The van der Waals surface area contributed by atoms with Gasteiger partial charge in [0.25, 0.3) is 0 Å². The van der Waals surface area contributed by atoms with E-state index in [0.717, 1.165) is 0 Å². The summed E-state index contributed by atoms with van der Waals surface area (Å²) < 4.78 is 16.5. The second-order valence-corrected chi connectivity index (χ2v) is 8.81. The highest BCUT2D eigenvalue weighted by molar-refractivity contribution is 5.78. The summed E-state index contributed by atoms with van der Waals surface area (Å²) in [4.78, 5) is 37.0. The van der Waals surface area contributed by atoms with Crippen molar-refractivity contribution in [3.63, 3.8) is 0 Å². The summed E-state index contributed by atoms with van der Waals surface area (Å²) in [6, 6.07) is 0. The first-order chi connectivity index (χ1) is 11.6. The number of esters is 3. The Balaban J connectivity index is 1.91. The van der Waals surface area contributed by atoms with Gasteiger partial charge in [-0.1, -0.05) is 6.92 Å². The molecule has 2 aliphatic carbocycles. The second kappa shape index (κ2) is 5.99. The largest absolute Gasteiger partial charge is 0.469 e. The van der Waals surface area contributed by atoms with E-state index in [-0.39, 0.29) is 41.8 Å². The van der Waals surface area contributed by atoms with Crippen molar-refractivity contribution in [2.45, 2.75) is 77.4 Å². The molecule has 2 heterocycles. The van der Waals surface area contributed by atoms with Crippen molar-refractivity contribution in [2.24, 2.45) is 16.7 Å². The summed E-state index contributed by atoms with van der Waals surface area (Å²) in [7, 11) is 1.37. The van der Waals surface area contributed by atoms with Crippen LogP contribution >= 0.6 is 0 Å². The fourth-order valence-electron chi connectivity index (χ4n) is 4.85. The molecule has 0 spiro atoms. The maximum absolute atomic E-state index is 12.7. The van der Waals surface area contributed by atoms with Crippen LogP contribution in [0.1, 0.15) is 65.7 Å². The number of ether oxygens (including phenoxy) is 3. The molecule has 2 saturated heterocycles. The number of carbonyl (C=O) groups excluding carboxylic acids is 3. The molecular formula is C19H28O6. The Labute approximate surface area is 148 Å². The van der Waals surface area contributed by atoms with E-state index in [1.807, 2.05) is 20.8 Å². The van der Waals surface area contributed by atoms with Crippen LogP contribution < -0.4 is 0 Å². The fourth-order valence-corrected chi connectivity index (χ4v) is 4.85. The van der Waals surface area contributed by atoms with Gasteiger partial charge in [-0.05, 0) is 44.9 Å². The van der Waals surface area contributed by atoms with Gasteiger partial charge in [0.05, 0.1) is 24.9 Å². The topological polar surface area (TPSA) is 78.9 Å². The third-order valence-electron chi connectivity index (χ3n) is 6.36. The molecule has 25 heavy (non-hydrogen) atoms. The quantitative estimate of drug-likeness (QED) is 0.559. The number of hydrogen-bond donors (Lipinski definition) is 0. The van der Waals surface area contributed by atoms with Gasteiger partial charge in [-0.3, -0.25) is 14.4 Å². The van der Waals surface area contributed by atoms with Crippen LogP contribution in [-0.4, -0.2) is 36.7 Å². The summed E-state index contributed by atoms with van der Waals surface area (Å²) in [5, 5.41) is 0. The van der Waals surface area contributed by atoms with Crippen molar-refractivity contribution in [1.82, 2.24) is 0 Å². The van der Waals surface area contributed by atoms with E-state index >= 15 is 0 Å². The number of fused-ring (bicyclic) bond motifs is 1. The lowest BCUT2D eigenvalue weighted by Gasteiger charge is -2.52. The van der Waals surface area contributed by atoms with Gasteiger partial charge < -0.3 is 14.2 Å². The van der Waals surface area contributed by atoms with Crippen LogP contribution in [0.15, 0.2) is 0 Å². The molecule has 0 aromatic rings. The zero-order valence-corrected chi connectivity index (χ0v) is 15.6. The lowest BCUT2D eigenvalue weighted by Crippen LogP contribution is -2.54. The summed E-state index contributed by atoms with van der Waals surface area (Å²) in [5.41, 5.74) is -1.67. The number of rotatable bonds is 5. The molecule has 4 aliphatic rings. The highest BCUT2D eigenvalue weighted by atomic mass is 16.6. The van der Waals surface area contributed by atoms with Gasteiger partial charge in [0, 0.05) is 12.8 Å². The minimum Gasteiger partial charge on any atom is -0.469 e. The lowest BCUT2D eigenvalue weighted by molar-refractivity contribution is -0.193. The van der Waals surface area contributed by atoms with Gasteiger partial charge in [0.2, 0.25) is 0 Å². The van der Waals surface area contributed by atoms with E-state index in [2.05, 4.69) is 0 Å². The predicted molar refractivity (Wildman–Crippen MR) is 88.4 cm³/mol. The molecular weight excluding hydrogens is 324 g/mol. The van der Waals surface area contributed by atoms with Gasteiger partial charge in [0.1, 0.15) is 11.7 Å². The highest BCUT2D eigenvalue weighted by Gasteiger charge is 2.61. The van der Waals surface area contributed by atoms with E-state index in [0.29, 0.717) is 38.5 Å². The van der Waals surface area contributed by atoms with Crippen LogP contribution in [0, 0.1) is 16.7 Å². The van der Waals surface area contributed by atoms with Crippen molar-refractivity contribution < 1.29 is 28.6 Å². The smallest absolute Gasteiger partial charge is 0.312 e. The van der Waals surface area contributed by atoms with Crippen LogP contribution in [0.4, 0.5) is 0 Å². The van der Waals surface area contributed by atoms with Crippen LogP contribution in [0.3, 0.4) is 0 Å². The molecule has 6 nitrogen and oxygen atoms in total. The summed E-state index contributed by atoms with van der Waals surface area (Å²) >= 11 is 0. The van der Waals surface area contributed by atoms with E-state index in [4.69, 9.17) is 14.2 Å². The molecule has 4 unspecified atom stereocenters. The van der Waals surface area contributed by atoms with Crippen LogP contribution in [0.5, 0.6) is 0 Å². The Hall–Kier alpha value is -1.59. The molecule has 6 heteroatoms. The molecule has 0 aromatic heterocycles. The van der Waals surface area contributed by atoms with Crippen LogP contribution in [-0.2, 0) is 28.6 Å². The molecule has 0 amide bonds. The van der Waals surface area contributed by atoms with Crippen LogP contribution in [0.2, 0.25) is 0 Å². The average Bonchev–Trinajstić information content (AvgIpc) is 2.67. The normalized spacial score (nSPS) is 36.6. The predicted octanol–water partition coefficient (Wildman–Crippen LogP) is 2.77. The van der Waals surface area contributed by atoms with Crippen molar-refractivity contribution in [3.05, 3.63) is 0 Å². The van der Waals surface area contributed by atoms with Crippen molar-refractivity contribution >= 4 is 17.9 Å². The molecule has 0 radical (unpaired) electrons. The van der Waals surface area contributed by atoms with Gasteiger partial charge in [0.15, 0.2) is 0 Å². The number of hydrogen-bond acceptors (Lipinski definition) is 6.